The van der Waals surface area contributed by atoms with Crippen molar-refractivity contribution in [2.24, 2.45) is 0 Å². The van der Waals surface area contributed by atoms with Crippen LogP contribution in [0.1, 0.15) is 29.8 Å². The number of halogens is 2. The van der Waals surface area contributed by atoms with E-state index in [2.05, 4.69) is 26.6 Å². The van der Waals surface area contributed by atoms with Gasteiger partial charge in [-0.15, -0.1) is 0 Å². The summed E-state index contributed by atoms with van der Waals surface area (Å²) in [5.74, 6) is 0.274. The summed E-state index contributed by atoms with van der Waals surface area (Å²) < 4.78 is 8.59. The molecule has 2 aromatic heterocycles. The topological polar surface area (TPSA) is 88.0 Å². The van der Waals surface area contributed by atoms with Crippen LogP contribution in [0.25, 0.3) is 16.9 Å². The van der Waals surface area contributed by atoms with Crippen LogP contribution in [0.4, 0.5) is 4.79 Å². The molecule has 3 amide bonds. The highest BCUT2D eigenvalue weighted by molar-refractivity contribution is 9.10. The molecule has 202 valence electrons. The Morgan fingerprint density at radius 2 is 2.00 bits per heavy atom. The molecule has 0 aliphatic carbocycles. The number of ether oxygens (including phenoxy) is 1. The average Bonchev–Trinajstić information content (AvgIpc) is 3.52. The Morgan fingerprint density at radius 1 is 1.21 bits per heavy atom. The molecule has 8 nitrogen and oxygen atoms in total. The van der Waals surface area contributed by atoms with Gasteiger partial charge < -0.3 is 24.7 Å². The van der Waals surface area contributed by atoms with Gasteiger partial charge in [-0.2, -0.15) is 0 Å². The molecule has 2 N–H and O–H groups in total. The highest BCUT2D eigenvalue weighted by Gasteiger charge is 2.25. The zero-order valence-corrected chi connectivity index (χ0v) is 24.0. The Balaban J connectivity index is 1.32. The lowest BCUT2D eigenvalue weighted by molar-refractivity contribution is 0.0929. The molecule has 0 radical (unpaired) electrons. The first kappa shape index (κ1) is 27.0. The van der Waals surface area contributed by atoms with Crippen molar-refractivity contribution in [1.29, 1.82) is 0 Å². The molecule has 1 fully saturated rings. The van der Waals surface area contributed by atoms with E-state index >= 15 is 0 Å². The first-order valence-corrected chi connectivity index (χ1v) is 14.0. The molecule has 1 aliphatic rings. The molecule has 5 rings (SSSR count). The van der Waals surface area contributed by atoms with Gasteiger partial charge in [0.05, 0.1) is 27.3 Å². The normalized spacial score (nSPS) is 14.1. The first-order chi connectivity index (χ1) is 18.8. The van der Waals surface area contributed by atoms with Crippen molar-refractivity contribution >= 4 is 45.1 Å². The lowest BCUT2D eigenvalue weighted by Crippen LogP contribution is -2.46. The maximum absolute atomic E-state index is 13.2. The lowest BCUT2D eigenvalue weighted by atomic mass is 10.0. The van der Waals surface area contributed by atoms with Gasteiger partial charge in [-0.1, -0.05) is 35.9 Å². The molecule has 2 aromatic carbocycles. The van der Waals surface area contributed by atoms with E-state index in [1.165, 1.54) is 0 Å². The Kier molecular flexibility index (Phi) is 8.09. The fourth-order valence-electron chi connectivity index (χ4n) is 4.59. The monoisotopic (exact) mass is 609 g/mol. The van der Waals surface area contributed by atoms with Crippen molar-refractivity contribution in [2.45, 2.75) is 32.4 Å². The second kappa shape index (κ2) is 11.7. The van der Waals surface area contributed by atoms with Crippen LogP contribution in [0.2, 0.25) is 5.02 Å². The lowest BCUT2D eigenvalue weighted by Gasteiger charge is -2.24. The van der Waals surface area contributed by atoms with Gasteiger partial charge in [0, 0.05) is 43.2 Å². The first-order valence-electron chi connectivity index (χ1n) is 12.8. The van der Waals surface area contributed by atoms with Gasteiger partial charge in [0.1, 0.15) is 5.75 Å². The summed E-state index contributed by atoms with van der Waals surface area (Å²) in [6, 6.07) is 16.6. The van der Waals surface area contributed by atoms with Crippen LogP contribution < -0.4 is 15.4 Å². The molecule has 0 bridgehead atoms. The fourth-order valence-corrected chi connectivity index (χ4v) is 5.26. The molecule has 3 heterocycles. The van der Waals surface area contributed by atoms with E-state index in [0.717, 1.165) is 26.9 Å². The molecule has 10 heteroatoms. The van der Waals surface area contributed by atoms with Crippen LogP contribution in [0.3, 0.4) is 0 Å². The van der Waals surface area contributed by atoms with Gasteiger partial charge in [-0.25, -0.2) is 9.78 Å². The van der Waals surface area contributed by atoms with Crippen LogP contribution >= 0.6 is 27.5 Å². The summed E-state index contributed by atoms with van der Waals surface area (Å²) in [5, 5.41) is 6.31. The number of fused-ring (bicyclic) bond motifs is 1. The van der Waals surface area contributed by atoms with E-state index in [-0.39, 0.29) is 24.1 Å². The minimum absolute atomic E-state index is 0.0286. The zero-order chi connectivity index (χ0) is 27.5. The SMILES string of the molecule is CC(C)Oc1ccc(C(=O)NC(Cc2ccc(-c3cn4cccc(Br)c4n3)cc2)CN2CCNC2=O)cc1Cl. The molecule has 1 aliphatic heterocycles. The van der Waals surface area contributed by atoms with Crippen molar-refractivity contribution in [3.63, 3.8) is 0 Å². The number of aromatic nitrogens is 2. The van der Waals surface area contributed by atoms with Crippen molar-refractivity contribution in [3.05, 3.63) is 87.6 Å². The molecule has 1 saturated heterocycles. The molecular formula is C29H29BrClN5O3. The number of urea groups is 1. The number of imidazole rings is 1. The van der Waals surface area contributed by atoms with E-state index in [0.29, 0.717) is 42.4 Å². The van der Waals surface area contributed by atoms with E-state index in [4.69, 9.17) is 21.3 Å². The third kappa shape index (κ3) is 6.37. The summed E-state index contributed by atoms with van der Waals surface area (Å²) in [7, 11) is 0. The molecule has 4 aromatic rings. The fraction of sp³-hybridized carbons (Fsp3) is 0.276. The van der Waals surface area contributed by atoms with E-state index in [1.54, 1.807) is 23.1 Å². The largest absolute Gasteiger partial charge is 0.489 e. The summed E-state index contributed by atoms with van der Waals surface area (Å²) in [6.45, 7) is 5.41. The summed E-state index contributed by atoms with van der Waals surface area (Å²) >= 11 is 9.92. The predicted molar refractivity (Wildman–Crippen MR) is 155 cm³/mol. The van der Waals surface area contributed by atoms with Gasteiger partial charge in [0.2, 0.25) is 0 Å². The van der Waals surface area contributed by atoms with Crippen LogP contribution in [0.5, 0.6) is 5.75 Å². The number of hydrogen-bond acceptors (Lipinski definition) is 4. The predicted octanol–water partition coefficient (Wildman–Crippen LogP) is 5.57. The molecule has 1 atom stereocenters. The zero-order valence-electron chi connectivity index (χ0n) is 21.7. The summed E-state index contributed by atoms with van der Waals surface area (Å²) in [5.41, 5.74) is 4.18. The minimum atomic E-state index is -0.302. The van der Waals surface area contributed by atoms with E-state index in [9.17, 15) is 9.59 Å². The Hall–Kier alpha value is -3.56. The number of pyridine rings is 1. The van der Waals surface area contributed by atoms with E-state index < -0.39 is 0 Å². The van der Waals surface area contributed by atoms with Crippen molar-refractivity contribution in [2.75, 3.05) is 19.6 Å². The number of amides is 3. The van der Waals surface area contributed by atoms with Crippen molar-refractivity contribution in [1.82, 2.24) is 24.9 Å². The van der Waals surface area contributed by atoms with Crippen LogP contribution in [-0.2, 0) is 6.42 Å². The average molecular weight is 611 g/mol. The number of rotatable bonds is 9. The number of carbonyl (C=O) groups is 2. The second-order valence-electron chi connectivity index (χ2n) is 9.77. The van der Waals surface area contributed by atoms with Gasteiger partial charge in [0.15, 0.2) is 5.65 Å². The maximum Gasteiger partial charge on any atom is 0.317 e. The molecule has 1 unspecified atom stereocenters. The highest BCUT2D eigenvalue weighted by atomic mass is 79.9. The minimum Gasteiger partial charge on any atom is -0.489 e. The third-order valence-electron chi connectivity index (χ3n) is 6.44. The van der Waals surface area contributed by atoms with Crippen molar-refractivity contribution in [3.8, 4) is 17.0 Å². The van der Waals surface area contributed by atoms with E-state index in [1.807, 2.05) is 67.0 Å². The molecule has 0 spiro atoms. The Bertz CT molecular complexity index is 1500. The smallest absolute Gasteiger partial charge is 0.317 e. The maximum atomic E-state index is 13.2. The van der Waals surface area contributed by atoms with Crippen LogP contribution in [0, 0.1) is 0 Å². The van der Waals surface area contributed by atoms with Gasteiger partial charge >= 0.3 is 6.03 Å². The molecule has 0 saturated carbocycles. The van der Waals surface area contributed by atoms with Gasteiger partial charge in [-0.3, -0.25) is 4.79 Å². The Morgan fingerprint density at radius 3 is 2.67 bits per heavy atom. The standard InChI is InChI=1S/C29H29BrClN5O3/c1-18(2)39-26-10-9-21(15-24(26)31)28(37)33-22(16-36-13-11-32-29(36)38)14-19-5-7-20(8-6-19)25-17-35-12-3-4-23(30)27(35)34-25/h3-10,12,15,17-18,22H,11,13-14,16H2,1-2H3,(H,32,38)(H,33,37). The Labute approximate surface area is 240 Å². The van der Waals surface area contributed by atoms with Crippen molar-refractivity contribution < 1.29 is 14.3 Å². The molecular weight excluding hydrogens is 582 g/mol. The van der Waals surface area contributed by atoms with Crippen LogP contribution in [-0.4, -0.2) is 58.0 Å². The van der Waals surface area contributed by atoms with Gasteiger partial charge in [0.25, 0.3) is 5.91 Å². The summed E-state index contributed by atoms with van der Waals surface area (Å²) in [4.78, 5) is 31.9. The number of carbonyl (C=O) groups excluding carboxylic acids is 2. The number of hydrogen-bond donors (Lipinski definition) is 2. The quantitative estimate of drug-likeness (QED) is 0.259. The number of benzene rings is 2. The highest BCUT2D eigenvalue weighted by Crippen LogP contribution is 2.27. The number of nitrogens with one attached hydrogen (secondary N) is 2. The van der Waals surface area contributed by atoms with Crippen LogP contribution in [0.15, 0.2) is 71.5 Å². The summed E-state index contributed by atoms with van der Waals surface area (Å²) in [6.07, 6.45) is 4.48. The molecule has 39 heavy (non-hydrogen) atoms. The number of nitrogens with zero attached hydrogens (tertiary/aromatic N) is 3. The third-order valence-corrected chi connectivity index (χ3v) is 7.36. The van der Waals surface area contributed by atoms with Gasteiger partial charge in [-0.05, 0) is 72.1 Å². The second-order valence-corrected chi connectivity index (χ2v) is 11.0.